The zero-order chi connectivity index (χ0) is 23.7. The molecule has 0 aliphatic carbocycles. The van der Waals surface area contributed by atoms with Crippen molar-refractivity contribution in [2.75, 3.05) is 25.3 Å². The largest absolute Gasteiger partial charge is 0.497 e. The van der Waals surface area contributed by atoms with Gasteiger partial charge in [0.2, 0.25) is 0 Å². The van der Waals surface area contributed by atoms with Crippen molar-refractivity contribution in [2.24, 2.45) is 0 Å². The van der Waals surface area contributed by atoms with Crippen LogP contribution >= 0.6 is 22.7 Å². The molecular weight excluding hydrogens is 468 g/mol. The maximum Gasteiger partial charge on any atom is 0.269 e. The minimum absolute atomic E-state index is 0.307. The molecule has 0 aliphatic rings. The number of rotatable bonds is 6. The summed E-state index contributed by atoms with van der Waals surface area (Å²) in [7, 11) is 3.25. The van der Waals surface area contributed by atoms with Crippen molar-refractivity contribution in [1.29, 1.82) is 0 Å². The lowest BCUT2D eigenvalue weighted by Crippen LogP contribution is -2.11. The third-order valence-corrected chi connectivity index (χ3v) is 7.15. The van der Waals surface area contributed by atoms with Crippen molar-refractivity contribution in [1.82, 2.24) is 9.97 Å². The number of nitrogens with two attached hydrogens (primary N) is 1. The van der Waals surface area contributed by atoms with Gasteiger partial charge < -0.3 is 15.2 Å². The molecule has 0 radical (unpaired) electrons. The highest BCUT2D eigenvalue weighted by atomic mass is 32.1. The second-order valence-electron chi connectivity index (χ2n) is 7.35. The molecule has 1 amide bonds. The number of hydrogen-bond donors (Lipinski definition) is 2. The summed E-state index contributed by atoms with van der Waals surface area (Å²) in [5.74, 6) is 1.22. The first-order valence-corrected chi connectivity index (χ1v) is 12.0. The van der Waals surface area contributed by atoms with Crippen LogP contribution < -0.4 is 20.5 Å². The average Bonchev–Trinajstić information content (AvgIpc) is 3.48. The van der Waals surface area contributed by atoms with Gasteiger partial charge in [-0.05, 0) is 48.5 Å². The highest BCUT2D eigenvalue weighted by Gasteiger charge is 2.19. The SMILES string of the molecule is COc1ccc(-c2ccc3c(N)c(C(=O)Nc4nc(-c5cccc(OC)c5)cs4)sc3n2)cc1. The van der Waals surface area contributed by atoms with E-state index in [2.05, 4.69) is 10.3 Å². The van der Waals surface area contributed by atoms with E-state index in [0.717, 1.165) is 39.4 Å². The summed E-state index contributed by atoms with van der Waals surface area (Å²) < 4.78 is 10.5. The molecule has 7 nitrogen and oxygen atoms in total. The van der Waals surface area contributed by atoms with E-state index < -0.39 is 0 Å². The van der Waals surface area contributed by atoms with Crippen LogP contribution in [0.15, 0.2) is 66.0 Å². The van der Waals surface area contributed by atoms with Gasteiger partial charge in [0.1, 0.15) is 21.2 Å². The van der Waals surface area contributed by atoms with Gasteiger partial charge >= 0.3 is 0 Å². The molecule has 34 heavy (non-hydrogen) atoms. The summed E-state index contributed by atoms with van der Waals surface area (Å²) in [6.07, 6.45) is 0. The van der Waals surface area contributed by atoms with E-state index in [1.54, 1.807) is 14.2 Å². The Kier molecular flexibility index (Phi) is 5.87. The number of benzene rings is 2. The monoisotopic (exact) mass is 488 g/mol. The first-order chi connectivity index (χ1) is 16.6. The number of nitrogens with one attached hydrogen (secondary N) is 1. The molecule has 9 heteroatoms. The number of aromatic nitrogens is 2. The van der Waals surface area contributed by atoms with Gasteiger partial charge in [-0.15, -0.1) is 22.7 Å². The van der Waals surface area contributed by atoms with Gasteiger partial charge in [0.15, 0.2) is 5.13 Å². The second-order valence-corrected chi connectivity index (χ2v) is 9.20. The molecule has 3 N–H and O–H groups in total. The number of nitrogens with zero attached hydrogens (tertiary/aromatic N) is 2. The fraction of sp³-hybridized carbons (Fsp3) is 0.0800. The molecule has 2 aromatic carbocycles. The molecule has 0 fully saturated rings. The summed E-state index contributed by atoms with van der Waals surface area (Å²) >= 11 is 2.61. The zero-order valence-corrected chi connectivity index (χ0v) is 20.0. The molecule has 0 saturated heterocycles. The third kappa shape index (κ3) is 4.18. The Morgan fingerprint density at radius 2 is 1.71 bits per heavy atom. The standard InChI is InChI=1S/C25H20N4O3S2/c1-31-16-8-6-14(7-9-16)19-11-10-18-21(26)22(34-24(18)27-19)23(30)29-25-28-20(13-33-25)15-4-3-5-17(12-15)32-2/h3-13H,26H2,1-2H3,(H,28,29,30). The van der Waals surface area contributed by atoms with Crippen LogP contribution in [0.2, 0.25) is 0 Å². The Morgan fingerprint density at radius 1 is 0.912 bits per heavy atom. The van der Waals surface area contributed by atoms with E-state index in [0.29, 0.717) is 20.5 Å². The Balaban J connectivity index is 1.39. The molecule has 0 unspecified atom stereocenters. The van der Waals surface area contributed by atoms with Crippen molar-refractivity contribution in [2.45, 2.75) is 0 Å². The van der Waals surface area contributed by atoms with Crippen LogP contribution in [0.5, 0.6) is 11.5 Å². The van der Waals surface area contributed by atoms with E-state index in [-0.39, 0.29) is 5.91 Å². The number of amides is 1. The summed E-state index contributed by atoms with van der Waals surface area (Å²) in [5.41, 5.74) is 10.1. The van der Waals surface area contributed by atoms with E-state index in [1.165, 1.54) is 22.7 Å². The van der Waals surface area contributed by atoms with Crippen LogP contribution in [-0.2, 0) is 0 Å². The number of hydrogen-bond acceptors (Lipinski definition) is 8. The summed E-state index contributed by atoms with van der Waals surface area (Å²) in [4.78, 5) is 23.4. The van der Waals surface area contributed by atoms with Gasteiger partial charge in [0.05, 0.1) is 31.3 Å². The lowest BCUT2D eigenvalue weighted by molar-refractivity contribution is 0.103. The Labute approximate surface area is 203 Å². The Bertz CT molecular complexity index is 1490. The number of anilines is 2. The fourth-order valence-corrected chi connectivity index (χ4v) is 5.19. The number of nitrogen functional groups attached to an aromatic ring is 1. The first kappa shape index (κ1) is 21.9. The predicted octanol–water partition coefficient (Wildman–Crippen LogP) is 5.94. The molecule has 0 atom stereocenters. The number of carbonyl (C=O) groups excluding carboxylic acids is 1. The van der Waals surface area contributed by atoms with Gasteiger partial charge in [-0.25, -0.2) is 9.97 Å². The third-order valence-electron chi connectivity index (χ3n) is 5.28. The fourth-order valence-electron chi connectivity index (χ4n) is 3.49. The van der Waals surface area contributed by atoms with E-state index >= 15 is 0 Å². The van der Waals surface area contributed by atoms with Gasteiger partial charge in [0.25, 0.3) is 5.91 Å². The lowest BCUT2D eigenvalue weighted by atomic mass is 10.1. The maximum absolute atomic E-state index is 13.0. The summed E-state index contributed by atoms with van der Waals surface area (Å²) in [5, 5.41) is 6.00. The van der Waals surface area contributed by atoms with Gasteiger partial charge in [-0.1, -0.05) is 12.1 Å². The molecule has 0 aliphatic heterocycles. The Morgan fingerprint density at radius 3 is 2.47 bits per heavy atom. The summed E-state index contributed by atoms with van der Waals surface area (Å²) in [6, 6.07) is 19.1. The molecular formula is C25H20N4O3S2. The number of ether oxygens (including phenoxy) is 2. The molecule has 5 rings (SSSR count). The van der Waals surface area contributed by atoms with Gasteiger partial charge in [-0.2, -0.15) is 0 Å². The van der Waals surface area contributed by atoms with Crippen LogP contribution in [-0.4, -0.2) is 30.1 Å². The van der Waals surface area contributed by atoms with Crippen LogP contribution in [0.25, 0.3) is 32.7 Å². The van der Waals surface area contributed by atoms with Crippen LogP contribution in [0.3, 0.4) is 0 Å². The van der Waals surface area contributed by atoms with Crippen molar-refractivity contribution < 1.29 is 14.3 Å². The zero-order valence-electron chi connectivity index (χ0n) is 18.4. The van der Waals surface area contributed by atoms with Crippen molar-refractivity contribution in [3.8, 4) is 34.0 Å². The highest BCUT2D eigenvalue weighted by molar-refractivity contribution is 7.21. The van der Waals surface area contributed by atoms with Gasteiger partial charge in [-0.3, -0.25) is 10.1 Å². The van der Waals surface area contributed by atoms with Crippen molar-refractivity contribution in [3.05, 3.63) is 70.9 Å². The normalized spacial score (nSPS) is 10.9. The smallest absolute Gasteiger partial charge is 0.269 e. The molecule has 3 heterocycles. The van der Waals surface area contributed by atoms with Crippen LogP contribution in [0.1, 0.15) is 9.67 Å². The molecule has 0 saturated carbocycles. The number of thiophene rings is 1. The van der Waals surface area contributed by atoms with Crippen molar-refractivity contribution in [3.63, 3.8) is 0 Å². The molecule has 0 spiro atoms. The quantitative estimate of drug-likeness (QED) is 0.307. The minimum atomic E-state index is -0.307. The Hall–Kier alpha value is -3.95. The van der Waals surface area contributed by atoms with Crippen LogP contribution in [0.4, 0.5) is 10.8 Å². The van der Waals surface area contributed by atoms with Crippen LogP contribution in [0, 0.1) is 0 Å². The first-order valence-electron chi connectivity index (χ1n) is 10.3. The highest BCUT2D eigenvalue weighted by Crippen LogP contribution is 2.35. The minimum Gasteiger partial charge on any atom is -0.497 e. The molecule has 170 valence electrons. The molecule has 0 bridgehead atoms. The van der Waals surface area contributed by atoms with Gasteiger partial charge in [0, 0.05) is 21.9 Å². The number of methoxy groups -OCH3 is 2. The van der Waals surface area contributed by atoms with Crippen molar-refractivity contribution >= 4 is 49.6 Å². The van der Waals surface area contributed by atoms with E-state index in [9.17, 15) is 4.79 Å². The van der Waals surface area contributed by atoms with E-state index in [1.807, 2.05) is 66.0 Å². The number of carbonyl (C=O) groups is 1. The number of pyridine rings is 1. The number of thiazole rings is 1. The second kappa shape index (κ2) is 9.12. The van der Waals surface area contributed by atoms with E-state index in [4.69, 9.17) is 20.2 Å². The lowest BCUT2D eigenvalue weighted by Gasteiger charge is -2.03. The topological polar surface area (TPSA) is 99.4 Å². The molecule has 3 aromatic heterocycles. The molecule has 5 aromatic rings. The maximum atomic E-state index is 13.0. The number of fused-ring (bicyclic) bond motifs is 1. The average molecular weight is 489 g/mol. The summed E-state index contributed by atoms with van der Waals surface area (Å²) in [6.45, 7) is 0. The predicted molar refractivity (Wildman–Crippen MR) is 138 cm³/mol.